The van der Waals surface area contributed by atoms with Gasteiger partial charge in [-0.15, -0.1) is 0 Å². The fourth-order valence-electron chi connectivity index (χ4n) is 2.14. The molecule has 0 bridgehead atoms. The maximum atomic E-state index is 6.17. The first-order chi connectivity index (χ1) is 9.65. The van der Waals surface area contributed by atoms with Gasteiger partial charge in [-0.2, -0.15) is 0 Å². The number of para-hydroxylation sites is 1. The molecule has 0 atom stereocenters. The number of aromatic nitrogens is 1. The highest BCUT2D eigenvalue weighted by Gasteiger charge is 2.08. The molecule has 0 saturated heterocycles. The molecule has 2 nitrogen and oxygen atoms in total. The van der Waals surface area contributed by atoms with E-state index in [1.165, 1.54) is 5.56 Å². The molecule has 0 N–H and O–H groups in total. The Balaban J connectivity index is 2.11. The van der Waals surface area contributed by atoms with Crippen molar-refractivity contribution in [1.82, 2.24) is 4.98 Å². The molecule has 0 unspecified atom stereocenters. The van der Waals surface area contributed by atoms with Crippen LogP contribution >= 0.6 is 11.6 Å². The highest BCUT2D eigenvalue weighted by atomic mass is 35.5. The van der Waals surface area contributed by atoms with Crippen molar-refractivity contribution >= 4 is 22.5 Å². The summed E-state index contributed by atoms with van der Waals surface area (Å²) in [4.78, 5) is 4.31. The summed E-state index contributed by atoms with van der Waals surface area (Å²) in [5, 5.41) is 1.55. The smallest absolute Gasteiger partial charge is 0.138 e. The van der Waals surface area contributed by atoms with E-state index in [1.54, 1.807) is 6.20 Å². The molecule has 0 aliphatic heterocycles. The molecule has 3 aromatic rings. The van der Waals surface area contributed by atoms with Gasteiger partial charge in [-0.1, -0.05) is 29.8 Å². The summed E-state index contributed by atoms with van der Waals surface area (Å²) < 4.78 is 6.06. The van der Waals surface area contributed by atoms with E-state index in [-0.39, 0.29) is 0 Å². The lowest BCUT2D eigenvalue weighted by atomic mass is 10.1. The number of halogens is 1. The summed E-state index contributed by atoms with van der Waals surface area (Å²) in [6.45, 7) is 4.08. The van der Waals surface area contributed by atoms with Crippen LogP contribution in [0.1, 0.15) is 11.1 Å². The molecule has 0 fully saturated rings. The van der Waals surface area contributed by atoms with Crippen molar-refractivity contribution in [2.45, 2.75) is 13.8 Å². The second kappa shape index (κ2) is 5.14. The summed E-state index contributed by atoms with van der Waals surface area (Å²) in [6, 6.07) is 13.7. The van der Waals surface area contributed by atoms with E-state index in [2.05, 4.69) is 17.1 Å². The van der Waals surface area contributed by atoms with Gasteiger partial charge >= 0.3 is 0 Å². The minimum Gasteiger partial charge on any atom is -0.456 e. The Morgan fingerprint density at radius 3 is 2.70 bits per heavy atom. The maximum Gasteiger partial charge on any atom is 0.138 e. The number of pyridine rings is 1. The van der Waals surface area contributed by atoms with Crippen LogP contribution in [0.4, 0.5) is 0 Å². The number of hydrogen-bond donors (Lipinski definition) is 0. The van der Waals surface area contributed by atoms with Crippen molar-refractivity contribution in [3.8, 4) is 11.5 Å². The Kier molecular flexibility index (Phi) is 3.33. The van der Waals surface area contributed by atoms with Crippen LogP contribution in [-0.2, 0) is 0 Å². The van der Waals surface area contributed by atoms with Crippen LogP contribution in [-0.4, -0.2) is 4.98 Å². The van der Waals surface area contributed by atoms with E-state index in [0.717, 1.165) is 28.0 Å². The average molecular weight is 284 g/mol. The first-order valence-electron chi connectivity index (χ1n) is 6.43. The van der Waals surface area contributed by atoms with E-state index in [9.17, 15) is 0 Å². The van der Waals surface area contributed by atoms with Crippen LogP contribution in [0.2, 0.25) is 5.02 Å². The number of aryl methyl sites for hydroxylation is 2. The molecule has 0 aliphatic carbocycles. The number of fused-ring (bicyclic) bond motifs is 1. The number of rotatable bonds is 2. The number of hydrogen-bond acceptors (Lipinski definition) is 2. The number of ether oxygens (including phenoxy) is 1. The molecule has 0 spiro atoms. The summed E-state index contributed by atoms with van der Waals surface area (Å²) in [6.07, 6.45) is 1.72. The lowest BCUT2D eigenvalue weighted by Crippen LogP contribution is -1.91. The van der Waals surface area contributed by atoms with Gasteiger partial charge in [0.1, 0.15) is 11.5 Å². The van der Waals surface area contributed by atoms with Gasteiger partial charge < -0.3 is 4.74 Å². The summed E-state index contributed by atoms with van der Waals surface area (Å²) in [5.74, 6) is 1.63. The predicted octanol–water partition coefficient (Wildman–Crippen LogP) is 5.30. The highest BCUT2D eigenvalue weighted by molar-refractivity contribution is 6.35. The molecule has 1 heterocycles. The average Bonchev–Trinajstić information content (AvgIpc) is 2.44. The van der Waals surface area contributed by atoms with E-state index in [1.807, 2.05) is 44.2 Å². The normalized spacial score (nSPS) is 10.8. The maximum absolute atomic E-state index is 6.17. The third-order valence-corrected chi connectivity index (χ3v) is 3.55. The van der Waals surface area contributed by atoms with E-state index in [4.69, 9.17) is 16.3 Å². The molecular weight excluding hydrogens is 270 g/mol. The largest absolute Gasteiger partial charge is 0.456 e. The van der Waals surface area contributed by atoms with Gasteiger partial charge in [0.05, 0.1) is 10.5 Å². The highest BCUT2D eigenvalue weighted by Crippen LogP contribution is 2.33. The van der Waals surface area contributed by atoms with Crippen LogP contribution in [0.15, 0.2) is 48.7 Å². The fourth-order valence-corrected chi connectivity index (χ4v) is 2.36. The molecule has 20 heavy (non-hydrogen) atoms. The predicted molar refractivity (Wildman–Crippen MR) is 82.7 cm³/mol. The fraction of sp³-hybridized carbons (Fsp3) is 0.118. The van der Waals surface area contributed by atoms with E-state index in [0.29, 0.717) is 5.02 Å². The van der Waals surface area contributed by atoms with Gasteiger partial charge in [-0.25, -0.2) is 0 Å². The number of benzene rings is 2. The Labute approximate surface area is 123 Å². The SMILES string of the molecule is Cc1ccc(C)c(Oc2ccnc3c(Cl)cccc23)c1. The second-order valence-electron chi connectivity index (χ2n) is 4.82. The first kappa shape index (κ1) is 12.9. The minimum atomic E-state index is 0.633. The van der Waals surface area contributed by atoms with Crippen LogP contribution in [0.25, 0.3) is 10.9 Å². The van der Waals surface area contributed by atoms with Gasteiger partial charge in [-0.05, 0) is 49.2 Å². The van der Waals surface area contributed by atoms with Gasteiger partial charge in [0.15, 0.2) is 0 Å². The lowest BCUT2D eigenvalue weighted by molar-refractivity contribution is 0.483. The lowest BCUT2D eigenvalue weighted by Gasteiger charge is -2.11. The van der Waals surface area contributed by atoms with Gasteiger partial charge in [0.25, 0.3) is 0 Å². The summed E-state index contributed by atoms with van der Waals surface area (Å²) in [5.41, 5.74) is 3.03. The molecule has 0 radical (unpaired) electrons. The van der Waals surface area contributed by atoms with Crippen molar-refractivity contribution in [3.05, 3.63) is 64.8 Å². The van der Waals surface area contributed by atoms with Crippen LogP contribution in [0.3, 0.4) is 0 Å². The van der Waals surface area contributed by atoms with Crippen molar-refractivity contribution in [3.63, 3.8) is 0 Å². The first-order valence-corrected chi connectivity index (χ1v) is 6.81. The third-order valence-electron chi connectivity index (χ3n) is 3.25. The summed E-state index contributed by atoms with van der Waals surface area (Å²) >= 11 is 6.17. The third kappa shape index (κ3) is 2.35. The topological polar surface area (TPSA) is 22.1 Å². The van der Waals surface area contributed by atoms with Crippen molar-refractivity contribution in [1.29, 1.82) is 0 Å². The Hall–Kier alpha value is -2.06. The molecule has 3 rings (SSSR count). The standard InChI is InChI=1S/C17H14ClNO/c1-11-6-7-12(2)16(10-11)20-15-8-9-19-17-13(15)4-3-5-14(17)18/h3-10H,1-2H3. The quantitative estimate of drug-likeness (QED) is 0.637. The zero-order valence-corrected chi connectivity index (χ0v) is 12.1. The molecule has 0 aliphatic rings. The molecule has 3 heteroatoms. The van der Waals surface area contributed by atoms with Gasteiger partial charge in [0, 0.05) is 11.6 Å². The second-order valence-corrected chi connectivity index (χ2v) is 5.22. The molecular formula is C17H14ClNO. The van der Waals surface area contributed by atoms with Crippen LogP contribution in [0.5, 0.6) is 11.5 Å². The van der Waals surface area contributed by atoms with E-state index >= 15 is 0 Å². The molecule has 100 valence electrons. The monoisotopic (exact) mass is 283 g/mol. The Morgan fingerprint density at radius 2 is 1.85 bits per heavy atom. The van der Waals surface area contributed by atoms with E-state index < -0.39 is 0 Å². The van der Waals surface area contributed by atoms with Crippen LogP contribution in [0, 0.1) is 13.8 Å². The Bertz CT molecular complexity index is 783. The molecule has 0 amide bonds. The molecule has 0 saturated carbocycles. The molecule has 2 aromatic carbocycles. The van der Waals surface area contributed by atoms with Gasteiger partial charge in [0.2, 0.25) is 0 Å². The van der Waals surface area contributed by atoms with Gasteiger partial charge in [-0.3, -0.25) is 4.98 Å². The zero-order valence-electron chi connectivity index (χ0n) is 11.4. The van der Waals surface area contributed by atoms with Crippen molar-refractivity contribution in [2.24, 2.45) is 0 Å². The zero-order chi connectivity index (χ0) is 14.1. The number of nitrogens with zero attached hydrogens (tertiary/aromatic N) is 1. The summed E-state index contributed by atoms with van der Waals surface area (Å²) in [7, 11) is 0. The Morgan fingerprint density at radius 1 is 1.00 bits per heavy atom. The molecule has 1 aromatic heterocycles. The van der Waals surface area contributed by atoms with Crippen molar-refractivity contribution in [2.75, 3.05) is 0 Å². The van der Waals surface area contributed by atoms with Crippen LogP contribution < -0.4 is 4.74 Å². The van der Waals surface area contributed by atoms with Crippen molar-refractivity contribution < 1.29 is 4.74 Å². The minimum absolute atomic E-state index is 0.633.